The monoisotopic (exact) mass is 402 g/mol. The second-order valence-corrected chi connectivity index (χ2v) is 8.03. The number of pyridine rings is 1. The standard InChI is InChI=1S/C19H20ClFN6O/c20-18-24-6-15(21)17(25-18)26-8-13-12(14(13)9-26)3-5-23-19(28)27-7-11-2-1-4-22-16(11)10-27/h1-2,4,6,12-14H,3,5,7-10H2,(H,23,28)/t12?,13-,14+. The fourth-order valence-electron chi connectivity index (χ4n) is 4.61. The van der Waals surface area contributed by atoms with Gasteiger partial charge in [-0.1, -0.05) is 6.07 Å². The molecule has 7 nitrogen and oxygen atoms in total. The maximum Gasteiger partial charge on any atom is 0.318 e. The third-order valence-electron chi connectivity index (χ3n) is 6.09. The van der Waals surface area contributed by atoms with Gasteiger partial charge >= 0.3 is 6.03 Å². The molecule has 1 saturated heterocycles. The van der Waals surface area contributed by atoms with Gasteiger partial charge in [0, 0.05) is 32.4 Å². The molecule has 1 N–H and O–H groups in total. The van der Waals surface area contributed by atoms with Crippen molar-refractivity contribution in [1.82, 2.24) is 25.2 Å². The Labute approximate surface area is 166 Å². The molecule has 1 saturated carbocycles. The lowest BCUT2D eigenvalue weighted by atomic mass is 10.2. The van der Waals surface area contributed by atoms with Crippen molar-refractivity contribution in [2.75, 3.05) is 24.5 Å². The number of nitrogens with zero attached hydrogens (tertiary/aromatic N) is 5. The normalized spacial score (nSPS) is 24.9. The molecular weight excluding hydrogens is 383 g/mol. The van der Waals surface area contributed by atoms with Gasteiger partial charge in [-0.3, -0.25) is 4.98 Å². The van der Waals surface area contributed by atoms with E-state index in [1.807, 2.05) is 17.0 Å². The van der Waals surface area contributed by atoms with Crippen molar-refractivity contribution in [2.45, 2.75) is 19.5 Å². The third kappa shape index (κ3) is 3.15. The lowest BCUT2D eigenvalue weighted by molar-refractivity contribution is 0.198. The largest absolute Gasteiger partial charge is 0.353 e. The summed E-state index contributed by atoms with van der Waals surface area (Å²) in [6, 6.07) is 3.88. The molecule has 2 amide bonds. The highest BCUT2D eigenvalue weighted by molar-refractivity contribution is 6.28. The number of urea groups is 1. The molecule has 2 aromatic heterocycles. The van der Waals surface area contributed by atoms with Crippen LogP contribution in [0.2, 0.25) is 5.28 Å². The van der Waals surface area contributed by atoms with E-state index < -0.39 is 5.82 Å². The Kier molecular flexibility index (Phi) is 4.30. The van der Waals surface area contributed by atoms with Crippen molar-refractivity contribution in [3.8, 4) is 0 Å². The minimum Gasteiger partial charge on any atom is -0.353 e. The van der Waals surface area contributed by atoms with E-state index in [0.717, 1.165) is 37.0 Å². The minimum atomic E-state index is -0.435. The third-order valence-corrected chi connectivity index (χ3v) is 6.28. The molecule has 1 aliphatic carbocycles. The Morgan fingerprint density at radius 3 is 2.89 bits per heavy atom. The predicted octanol–water partition coefficient (Wildman–Crippen LogP) is 2.46. The Bertz CT molecular complexity index is 890. The number of carbonyl (C=O) groups excluding carboxylic acids is 1. The molecule has 0 aromatic carbocycles. The van der Waals surface area contributed by atoms with Crippen LogP contribution in [-0.4, -0.2) is 45.5 Å². The molecule has 3 atom stereocenters. The Hall–Kier alpha value is -2.48. The van der Waals surface area contributed by atoms with Gasteiger partial charge in [0.05, 0.1) is 18.4 Å². The number of amides is 2. The number of hydrogen-bond acceptors (Lipinski definition) is 5. The number of aromatic nitrogens is 3. The van der Waals surface area contributed by atoms with Gasteiger partial charge in [-0.15, -0.1) is 0 Å². The van der Waals surface area contributed by atoms with E-state index in [1.54, 1.807) is 11.1 Å². The molecule has 4 heterocycles. The van der Waals surface area contributed by atoms with Gasteiger partial charge in [-0.25, -0.2) is 14.2 Å². The van der Waals surface area contributed by atoms with Gasteiger partial charge < -0.3 is 15.1 Å². The molecule has 2 aromatic rings. The molecule has 2 fully saturated rings. The Balaban J connectivity index is 1.07. The summed E-state index contributed by atoms with van der Waals surface area (Å²) >= 11 is 5.79. The van der Waals surface area contributed by atoms with Crippen LogP contribution in [0.5, 0.6) is 0 Å². The van der Waals surface area contributed by atoms with Crippen molar-refractivity contribution < 1.29 is 9.18 Å². The summed E-state index contributed by atoms with van der Waals surface area (Å²) in [7, 11) is 0. The van der Waals surface area contributed by atoms with Crippen LogP contribution in [0.1, 0.15) is 17.7 Å². The molecule has 9 heteroatoms. The molecule has 0 radical (unpaired) electrons. The maximum absolute atomic E-state index is 13.9. The van der Waals surface area contributed by atoms with Gasteiger partial charge in [0.1, 0.15) is 0 Å². The second-order valence-electron chi connectivity index (χ2n) is 7.69. The molecule has 146 valence electrons. The topological polar surface area (TPSA) is 74.2 Å². The van der Waals surface area contributed by atoms with E-state index in [0.29, 0.717) is 43.2 Å². The highest BCUT2D eigenvalue weighted by atomic mass is 35.5. The van der Waals surface area contributed by atoms with Crippen molar-refractivity contribution in [2.24, 2.45) is 17.8 Å². The first-order valence-electron chi connectivity index (χ1n) is 9.48. The lowest BCUT2D eigenvalue weighted by Crippen LogP contribution is -2.37. The fourth-order valence-corrected chi connectivity index (χ4v) is 4.74. The highest BCUT2D eigenvalue weighted by Crippen LogP contribution is 2.54. The second kappa shape index (κ2) is 6.84. The fraction of sp³-hybridized carbons (Fsp3) is 0.474. The SMILES string of the molecule is O=C(NCCC1[C@H]2CN(c3nc(Cl)ncc3F)C[C@@H]12)N1Cc2cccnc2C1. The van der Waals surface area contributed by atoms with E-state index in [1.165, 1.54) is 0 Å². The van der Waals surface area contributed by atoms with Crippen LogP contribution >= 0.6 is 11.6 Å². The van der Waals surface area contributed by atoms with Gasteiger partial charge in [0.15, 0.2) is 11.6 Å². The molecule has 28 heavy (non-hydrogen) atoms. The van der Waals surface area contributed by atoms with Crippen molar-refractivity contribution in [1.29, 1.82) is 0 Å². The lowest BCUT2D eigenvalue weighted by Gasteiger charge is -2.21. The van der Waals surface area contributed by atoms with Gasteiger partial charge in [0.25, 0.3) is 0 Å². The molecule has 2 aliphatic heterocycles. The molecule has 1 unspecified atom stereocenters. The smallest absolute Gasteiger partial charge is 0.318 e. The minimum absolute atomic E-state index is 0.0388. The molecule has 5 rings (SSSR count). The zero-order valence-corrected chi connectivity index (χ0v) is 15.9. The van der Waals surface area contributed by atoms with Crippen molar-refractivity contribution in [3.63, 3.8) is 0 Å². The number of fused-ring (bicyclic) bond motifs is 2. The summed E-state index contributed by atoms with van der Waals surface area (Å²) in [6.45, 7) is 3.40. The average Bonchev–Trinajstić information content (AvgIpc) is 3.05. The van der Waals surface area contributed by atoms with Crippen molar-refractivity contribution in [3.05, 3.63) is 46.9 Å². The summed E-state index contributed by atoms with van der Waals surface area (Å²) in [5.41, 5.74) is 2.10. The Morgan fingerprint density at radius 2 is 2.11 bits per heavy atom. The van der Waals surface area contributed by atoms with Crippen LogP contribution in [0.4, 0.5) is 15.0 Å². The number of carbonyl (C=O) groups is 1. The zero-order valence-electron chi connectivity index (χ0n) is 15.2. The summed E-state index contributed by atoms with van der Waals surface area (Å²) in [5.74, 6) is 1.50. The summed E-state index contributed by atoms with van der Waals surface area (Å²) < 4.78 is 13.9. The number of anilines is 1. The van der Waals surface area contributed by atoms with Gasteiger partial charge in [-0.2, -0.15) is 4.98 Å². The zero-order chi connectivity index (χ0) is 19.3. The quantitative estimate of drug-likeness (QED) is 0.795. The first kappa shape index (κ1) is 17.6. The molecule has 3 aliphatic rings. The number of rotatable bonds is 4. The molecular formula is C19H20ClFN6O. The number of hydrogen-bond donors (Lipinski definition) is 1. The van der Waals surface area contributed by atoms with Crippen LogP contribution in [-0.2, 0) is 13.1 Å². The van der Waals surface area contributed by atoms with E-state index in [4.69, 9.17) is 11.6 Å². The summed E-state index contributed by atoms with van der Waals surface area (Å²) in [5, 5.41) is 3.09. The van der Waals surface area contributed by atoms with E-state index in [-0.39, 0.29) is 11.3 Å². The van der Waals surface area contributed by atoms with Crippen LogP contribution in [0.3, 0.4) is 0 Å². The molecule has 0 spiro atoms. The van der Waals surface area contributed by atoms with Gasteiger partial charge in [0.2, 0.25) is 5.28 Å². The molecule has 0 bridgehead atoms. The maximum atomic E-state index is 13.9. The van der Waals surface area contributed by atoms with E-state index in [9.17, 15) is 9.18 Å². The van der Waals surface area contributed by atoms with Crippen LogP contribution in [0, 0.1) is 23.6 Å². The number of piperidine rings is 1. The highest BCUT2D eigenvalue weighted by Gasteiger charge is 2.55. The van der Waals surface area contributed by atoms with Crippen LogP contribution in [0.25, 0.3) is 0 Å². The predicted molar refractivity (Wildman–Crippen MR) is 101 cm³/mol. The average molecular weight is 403 g/mol. The van der Waals surface area contributed by atoms with E-state index in [2.05, 4.69) is 20.3 Å². The van der Waals surface area contributed by atoms with Crippen LogP contribution in [0.15, 0.2) is 24.5 Å². The summed E-state index contributed by atoms with van der Waals surface area (Å²) in [6.07, 6.45) is 3.82. The van der Waals surface area contributed by atoms with Gasteiger partial charge in [-0.05, 0) is 47.4 Å². The number of halogens is 2. The Morgan fingerprint density at radius 1 is 1.29 bits per heavy atom. The number of nitrogens with one attached hydrogen (secondary N) is 1. The summed E-state index contributed by atoms with van der Waals surface area (Å²) in [4.78, 5) is 28.1. The van der Waals surface area contributed by atoms with Crippen LogP contribution < -0.4 is 10.2 Å². The van der Waals surface area contributed by atoms with Crippen molar-refractivity contribution >= 4 is 23.4 Å². The first-order chi connectivity index (χ1) is 13.6. The first-order valence-corrected chi connectivity index (χ1v) is 9.86. The van der Waals surface area contributed by atoms with E-state index >= 15 is 0 Å².